The first-order valence-electron chi connectivity index (χ1n) is 8.63. The van der Waals surface area contributed by atoms with Crippen LogP contribution in [0.25, 0.3) is 0 Å². The maximum absolute atomic E-state index is 9.08. The van der Waals surface area contributed by atoms with E-state index >= 15 is 0 Å². The maximum Gasteiger partial charge on any atom is 0.0942 e. The summed E-state index contributed by atoms with van der Waals surface area (Å²) in [6.07, 6.45) is 0.604. The van der Waals surface area contributed by atoms with Crippen molar-refractivity contribution in [1.29, 1.82) is 0 Å². The average molecular weight is 395 g/mol. The Morgan fingerprint density at radius 1 is 0.692 bits per heavy atom. The van der Waals surface area contributed by atoms with Crippen LogP contribution in [-0.4, -0.2) is 19.2 Å². The Hall–Kier alpha value is -1.22. The number of hydrogen-bond donors (Lipinski definition) is 0. The highest BCUT2D eigenvalue weighted by Gasteiger charge is 2.15. The molecule has 26 heavy (non-hydrogen) atoms. The van der Waals surface area contributed by atoms with Crippen LogP contribution in [0, 0.1) is 0 Å². The molecule has 2 rings (SSSR count). The predicted molar refractivity (Wildman–Crippen MR) is 115 cm³/mol. The van der Waals surface area contributed by atoms with Crippen molar-refractivity contribution in [3.63, 3.8) is 0 Å². The minimum atomic E-state index is -3.92. The molecule has 0 aliphatic carbocycles. The molecule has 0 saturated heterocycles. The van der Waals surface area contributed by atoms with Gasteiger partial charge in [-0.1, -0.05) is 65.8 Å². The van der Waals surface area contributed by atoms with Crippen molar-refractivity contribution in [3.05, 3.63) is 59.7 Å². The summed E-state index contributed by atoms with van der Waals surface area (Å²) in [6.45, 7) is 13.6. The molecule has 0 radical (unpaired) electrons. The van der Waals surface area contributed by atoms with Crippen LogP contribution < -0.4 is 10.6 Å². The average Bonchev–Trinajstić information content (AvgIpc) is 2.45. The number of hydrogen-bond acceptors (Lipinski definition) is 3. The Labute approximate surface area is 160 Å². The van der Waals surface area contributed by atoms with Crippen molar-refractivity contribution in [2.24, 2.45) is 0 Å². The van der Waals surface area contributed by atoms with E-state index in [-0.39, 0.29) is 19.4 Å². The molecule has 5 heteroatoms. The van der Waals surface area contributed by atoms with Gasteiger partial charge in [0.1, 0.15) is 0 Å². The summed E-state index contributed by atoms with van der Waals surface area (Å²) in [5.74, 6) is 0. The molecule has 0 unspecified atom stereocenters. The maximum atomic E-state index is 9.08. The van der Waals surface area contributed by atoms with Crippen LogP contribution in [0.5, 0.6) is 0 Å². The fourth-order valence-corrected chi connectivity index (χ4v) is 3.51. The van der Waals surface area contributed by atoms with Crippen molar-refractivity contribution in [2.75, 3.05) is 6.26 Å². The molecule has 0 atom stereocenters. The normalized spacial score (nSPS) is 12.3. The molecular formula is C21H31O3PS. The van der Waals surface area contributed by atoms with E-state index in [1.54, 1.807) is 0 Å². The molecule has 3 nitrogen and oxygen atoms in total. The molecule has 0 saturated carbocycles. The second-order valence-corrected chi connectivity index (χ2v) is 11.6. The first-order chi connectivity index (χ1) is 11.7. The van der Waals surface area contributed by atoms with Gasteiger partial charge in [-0.15, -0.1) is 0 Å². The zero-order valence-corrected chi connectivity index (χ0v) is 18.8. The van der Waals surface area contributed by atoms with E-state index in [4.69, 9.17) is 13.0 Å². The van der Waals surface area contributed by atoms with E-state index in [2.05, 4.69) is 90.1 Å². The first-order valence-corrected chi connectivity index (χ1v) is 11.6. The molecule has 2 aromatic carbocycles. The SMILES string of the molecule is CC(C)(C)c1ccc([PH2+]c2ccc(C(C)(C)C)cc2)cc1.CS(=O)(=O)[O-]. The summed E-state index contributed by atoms with van der Waals surface area (Å²) in [6, 6.07) is 18.3. The summed E-state index contributed by atoms with van der Waals surface area (Å²) < 4.78 is 27.2. The lowest BCUT2D eigenvalue weighted by molar-refractivity contribution is 0.470. The highest BCUT2D eigenvalue weighted by Crippen LogP contribution is 2.24. The molecular weight excluding hydrogens is 363 g/mol. The Balaban J connectivity index is 0.000000597. The quantitative estimate of drug-likeness (QED) is 0.575. The van der Waals surface area contributed by atoms with Crippen molar-refractivity contribution in [1.82, 2.24) is 0 Å². The fraction of sp³-hybridized carbons (Fsp3) is 0.429. The third-order valence-electron chi connectivity index (χ3n) is 3.89. The first kappa shape index (κ1) is 22.8. The number of benzene rings is 2. The molecule has 0 N–H and O–H groups in total. The van der Waals surface area contributed by atoms with Gasteiger partial charge in [-0.2, -0.15) is 0 Å². The molecule has 0 heterocycles. The van der Waals surface area contributed by atoms with E-state index in [1.165, 1.54) is 21.7 Å². The molecule has 144 valence electrons. The molecule has 0 spiro atoms. The van der Waals surface area contributed by atoms with E-state index in [9.17, 15) is 0 Å². The van der Waals surface area contributed by atoms with Gasteiger partial charge in [-0.3, -0.25) is 0 Å². The second-order valence-electron chi connectivity index (χ2n) is 8.59. The third kappa shape index (κ3) is 8.93. The van der Waals surface area contributed by atoms with Crippen LogP contribution in [0.2, 0.25) is 0 Å². The summed E-state index contributed by atoms with van der Waals surface area (Å²) in [5, 5.41) is 2.93. The van der Waals surface area contributed by atoms with Gasteiger partial charge in [0, 0.05) is 6.26 Å². The van der Waals surface area contributed by atoms with E-state index < -0.39 is 10.1 Å². The van der Waals surface area contributed by atoms with E-state index in [1.807, 2.05) is 0 Å². The Kier molecular flexibility index (Phi) is 7.59. The third-order valence-corrected chi connectivity index (χ3v) is 5.32. The van der Waals surface area contributed by atoms with Crippen LogP contribution in [0.4, 0.5) is 0 Å². The Morgan fingerprint density at radius 3 is 1.12 bits per heavy atom. The van der Waals surface area contributed by atoms with E-state index in [0.29, 0.717) is 6.26 Å². The van der Waals surface area contributed by atoms with Crippen molar-refractivity contribution >= 4 is 29.3 Å². The zero-order chi connectivity index (χ0) is 20.2. The van der Waals surface area contributed by atoms with Crippen LogP contribution in [0.15, 0.2) is 48.5 Å². The Morgan fingerprint density at radius 2 is 0.923 bits per heavy atom. The molecule has 0 aliphatic rings. The van der Waals surface area contributed by atoms with Gasteiger partial charge >= 0.3 is 0 Å². The minimum Gasteiger partial charge on any atom is -0.748 e. The Bertz CT molecular complexity index is 731. The summed E-state index contributed by atoms with van der Waals surface area (Å²) >= 11 is 0. The smallest absolute Gasteiger partial charge is 0.0942 e. The molecule has 0 fully saturated rings. The summed E-state index contributed by atoms with van der Waals surface area (Å²) in [4.78, 5) is 0. The number of rotatable bonds is 2. The topological polar surface area (TPSA) is 57.2 Å². The molecule has 0 bridgehead atoms. The monoisotopic (exact) mass is 394 g/mol. The van der Waals surface area contributed by atoms with Crippen molar-refractivity contribution in [3.8, 4) is 0 Å². The molecule has 0 aliphatic heterocycles. The van der Waals surface area contributed by atoms with Gasteiger partial charge in [0.2, 0.25) is 0 Å². The largest absolute Gasteiger partial charge is 0.748 e. The highest BCUT2D eigenvalue weighted by atomic mass is 32.2. The fourth-order valence-electron chi connectivity index (χ4n) is 2.35. The van der Waals surface area contributed by atoms with Gasteiger partial charge in [0.15, 0.2) is 0 Å². The lowest BCUT2D eigenvalue weighted by atomic mass is 9.87. The van der Waals surface area contributed by atoms with Crippen molar-refractivity contribution in [2.45, 2.75) is 52.4 Å². The molecule has 2 aromatic rings. The van der Waals surface area contributed by atoms with E-state index in [0.717, 1.165) is 0 Å². The lowest BCUT2D eigenvalue weighted by Gasteiger charge is -2.19. The molecule has 0 amide bonds. The van der Waals surface area contributed by atoms with Gasteiger partial charge in [-0.25, -0.2) is 8.42 Å². The standard InChI is InChI=1S/C20H27P.CH4O3S/c1-19(2,3)15-7-11-17(12-8-15)21-18-13-9-16(10-14-18)20(4,5)6;1-5(2,3)4/h7-14,21H,1-6H3;1H3,(H,2,3,4). The van der Waals surface area contributed by atoms with Crippen LogP contribution >= 0.6 is 8.58 Å². The van der Waals surface area contributed by atoms with Gasteiger partial charge in [-0.05, 0) is 46.2 Å². The predicted octanol–water partition coefficient (Wildman–Crippen LogP) is 3.80. The summed E-state index contributed by atoms with van der Waals surface area (Å²) in [7, 11) is -3.73. The second kappa shape index (κ2) is 8.65. The summed E-state index contributed by atoms with van der Waals surface area (Å²) in [5.41, 5.74) is 3.30. The van der Waals surface area contributed by atoms with Gasteiger partial charge in [0.25, 0.3) is 0 Å². The zero-order valence-electron chi connectivity index (χ0n) is 16.8. The highest BCUT2D eigenvalue weighted by molar-refractivity contribution is 7.84. The lowest BCUT2D eigenvalue weighted by Crippen LogP contribution is -2.13. The van der Waals surface area contributed by atoms with Crippen LogP contribution in [-0.2, 0) is 20.9 Å². The van der Waals surface area contributed by atoms with Crippen LogP contribution in [0.3, 0.4) is 0 Å². The van der Waals surface area contributed by atoms with Gasteiger partial charge < -0.3 is 4.55 Å². The van der Waals surface area contributed by atoms with Crippen molar-refractivity contribution < 1.29 is 13.0 Å². The molecule has 0 aromatic heterocycles. The minimum absolute atomic E-state index is 0.191. The van der Waals surface area contributed by atoms with Gasteiger partial charge in [0.05, 0.1) is 29.3 Å². The van der Waals surface area contributed by atoms with Crippen LogP contribution in [0.1, 0.15) is 52.7 Å².